The summed E-state index contributed by atoms with van der Waals surface area (Å²) in [5, 5.41) is 15.5. The van der Waals surface area contributed by atoms with Crippen LogP contribution in [0.25, 0.3) is 0 Å². The van der Waals surface area contributed by atoms with Crippen molar-refractivity contribution in [3.8, 4) is 0 Å². The highest BCUT2D eigenvalue weighted by Gasteiger charge is 2.10. The highest BCUT2D eigenvalue weighted by Crippen LogP contribution is 2.09. The number of halogens is 1. The van der Waals surface area contributed by atoms with E-state index >= 15 is 0 Å². The second-order valence-electron chi connectivity index (χ2n) is 3.49. The summed E-state index contributed by atoms with van der Waals surface area (Å²) in [7, 11) is 0. The number of nitrogens with two attached hydrogens (primary N) is 1. The van der Waals surface area contributed by atoms with E-state index in [1.807, 2.05) is 31.2 Å². The fourth-order valence-electron chi connectivity index (χ4n) is 1.37. The van der Waals surface area contributed by atoms with Crippen molar-refractivity contribution in [2.24, 2.45) is 10.9 Å². The zero-order chi connectivity index (χ0) is 12.0. The summed E-state index contributed by atoms with van der Waals surface area (Å²) in [6.45, 7) is 2.63. The van der Waals surface area contributed by atoms with Crippen molar-refractivity contribution in [1.29, 1.82) is 0 Å². The van der Waals surface area contributed by atoms with Crippen LogP contribution in [0.2, 0.25) is 5.02 Å². The first-order valence-electron chi connectivity index (χ1n) is 5.12. The van der Waals surface area contributed by atoms with Gasteiger partial charge in [-0.2, -0.15) is 0 Å². The molecule has 1 aromatic carbocycles. The number of nitrogens with zero attached hydrogens (tertiary/aromatic N) is 1. The Hall–Kier alpha value is -1.26. The van der Waals surface area contributed by atoms with Gasteiger partial charge in [0, 0.05) is 11.6 Å². The Labute approximate surface area is 100 Å². The second kappa shape index (κ2) is 6.35. The minimum atomic E-state index is -0.110. The lowest BCUT2D eigenvalue weighted by molar-refractivity contribution is 0.314. The molecule has 1 rings (SSSR count). The Balaban J connectivity index is 2.53. The van der Waals surface area contributed by atoms with Crippen LogP contribution in [0.3, 0.4) is 0 Å². The first-order chi connectivity index (χ1) is 7.67. The number of rotatable bonds is 5. The van der Waals surface area contributed by atoms with Gasteiger partial charge < -0.3 is 16.3 Å². The van der Waals surface area contributed by atoms with E-state index in [4.69, 9.17) is 22.5 Å². The van der Waals surface area contributed by atoms with E-state index in [9.17, 15) is 0 Å². The van der Waals surface area contributed by atoms with Gasteiger partial charge in [-0.15, -0.1) is 0 Å². The molecule has 0 spiro atoms. The Kier molecular flexibility index (Phi) is 5.08. The lowest BCUT2D eigenvalue weighted by atomic mass is 10.1. The highest BCUT2D eigenvalue weighted by molar-refractivity contribution is 6.30. The fraction of sp³-hybridized carbons (Fsp3) is 0.364. The van der Waals surface area contributed by atoms with Crippen molar-refractivity contribution in [1.82, 2.24) is 5.32 Å². The van der Waals surface area contributed by atoms with E-state index < -0.39 is 0 Å². The standard InChI is InChI=1S/C11H16ClN3O/c1-2-10(11(13)15-16)14-7-8-3-5-9(12)6-4-8/h3-6,10,14,16H,2,7H2,1H3,(H2,13,15). The van der Waals surface area contributed by atoms with Crippen LogP contribution >= 0.6 is 11.6 Å². The summed E-state index contributed by atoms with van der Waals surface area (Å²) in [4.78, 5) is 0. The van der Waals surface area contributed by atoms with E-state index in [1.54, 1.807) is 0 Å². The first kappa shape index (κ1) is 12.8. The normalized spacial score (nSPS) is 13.8. The molecule has 0 aliphatic rings. The molecule has 16 heavy (non-hydrogen) atoms. The van der Waals surface area contributed by atoms with Gasteiger partial charge in [0.25, 0.3) is 0 Å². The third kappa shape index (κ3) is 3.72. The molecular formula is C11H16ClN3O. The zero-order valence-electron chi connectivity index (χ0n) is 9.15. The number of amidine groups is 1. The molecule has 0 saturated heterocycles. The van der Waals surface area contributed by atoms with E-state index in [-0.39, 0.29) is 11.9 Å². The lowest BCUT2D eigenvalue weighted by Crippen LogP contribution is -2.40. The topological polar surface area (TPSA) is 70.6 Å². The molecule has 0 bridgehead atoms. The van der Waals surface area contributed by atoms with Gasteiger partial charge in [0.1, 0.15) is 0 Å². The van der Waals surface area contributed by atoms with Crippen molar-refractivity contribution >= 4 is 17.4 Å². The van der Waals surface area contributed by atoms with Gasteiger partial charge in [0.15, 0.2) is 5.84 Å². The smallest absolute Gasteiger partial charge is 0.156 e. The van der Waals surface area contributed by atoms with Crippen LogP contribution in [0.5, 0.6) is 0 Å². The van der Waals surface area contributed by atoms with Crippen LogP contribution in [0, 0.1) is 0 Å². The van der Waals surface area contributed by atoms with Gasteiger partial charge in [-0.05, 0) is 24.1 Å². The first-order valence-corrected chi connectivity index (χ1v) is 5.50. The summed E-state index contributed by atoms with van der Waals surface area (Å²) in [5.74, 6) is 0.205. The molecule has 0 aromatic heterocycles. The van der Waals surface area contributed by atoms with Crippen LogP contribution in [0.4, 0.5) is 0 Å². The van der Waals surface area contributed by atoms with Gasteiger partial charge in [-0.3, -0.25) is 0 Å². The maximum Gasteiger partial charge on any atom is 0.156 e. The molecule has 88 valence electrons. The van der Waals surface area contributed by atoms with E-state index in [0.717, 1.165) is 12.0 Å². The van der Waals surface area contributed by atoms with Gasteiger partial charge >= 0.3 is 0 Å². The summed E-state index contributed by atoms with van der Waals surface area (Å²) >= 11 is 5.78. The van der Waals surface area contributed by atoms with Crippen molar-refractivity contribution in [3.05, 3.63) is 34.9 Å². The largest absolute Gasteiger partial charge is 0.409 e. The van der Waals surface area contributed by atoms with Crippen LogP contribution < -0.4 is 11.1 Å². The van der Waals surface area contributed by atoms with Crippen LogP contribution in [0.15, 0.2) is 29.4 Å². The predicted molar refractivity (Wildman–Crippen MR) is 65.8 cm³/mol. The molecule has 0 saturated carbocycles. The van der Waals surface area contributed by atoms with Crippen LogP contribution in [-0.4, -0.2) is 17.1 Å². The van der Waals surface area contributed by atoms with Gasteiger partial charge in [-0.1, -0.05) is 35.8 Å². The molecule has 0 aliphatic heterocycles. The monoisotopic (exact) mass is 241 g/mol. The maximum atomic E-state index is 8.58. The van der Waals surface area contributed by atoms with Crippen LogP contribution in [-0.2, 0) is 6.54 Å². The molecule has 4 N–H and O–H groups in total. The Morgan fingerprint density at radius 2 is 2.12 bits per heavy atom. The molecule has 0 amide bonds. The molecule has 0 fully saturated rings. The molecule has 1 unspecified atom stereocenters. The summed E-state index contributed by atoms with van der Waals surface area (Å²) in [6, 6.07) is 7.44. The number of nitrogens with one attached hydrogen (secondary N) is 1. The number of oxime groups is 1. The lowest BCUT2D eigenvalue weighted by Gasteiger charge is -2.15. The maximum absolute atomic E-state index is 8.58. The van der Waals surface area contributed by atoms with Gasteiger partial charge in [0.2, 0.25) is 0 Å². The van der Waals surface area contributed by atoms with Crippen molar-refractivity contribution in [3.63, 3.8) is 0 Å². The summed E-state index contributed by atoms with van der Waals surface area (Å²) in [6.07, 6.45) is 0.767. The minimum Gasteiger partial charge on any atom is -0.409 e. The van der Waals surface area contributed by atoms with E-state index in [2.05, 4.69) is 10.5 Å². The van der Waals surface area contributed by atoms with E-state index in [1.165, 1.54) is 0 Å². The molecular weight excluding hydrogens is 226 g/mol. The highest BCUT2D eigenvalue weighted by atomic mass is 35.5. The average molecular weight is 242 g/mol. The summed E-state index contributed by atoms with van der Waals surface area (Å²) in [5.41, 5.74) is 6.64. The van der Waals surface area contributed by atoms with Crippen LogP contribution in [0.1, 0.15) is 18.9 Å². The molecule has 1 atom stereocenters. The Morgan fingerprint density at radius 3 is 2.62 bits per heavy atom. The third-order valence-electron chi connectivity index (χ3n) is 2.35. The van der Waals surface area contributed by atoms with Crippen molar-refractivity contribution in [2.75, 3.05) is 0 Å². The average Bonchev–Trinajstić information content (AvgIpc) is 2.31. The number of hydrogen-bond acceptors (Lipinski definition) is 3. The molecule has 0 aliphatic carbocycles. The van der Waals surface area contributed by atoms with Crippen molar-refractivity contribution in [2.45, 2.75) is 25.9 Å². The second-order valence-corrected chi connectivity index (χ2v) is 3.93. The molecule has 4 nitrogen and oxygen atoms in total. The van der Waals surface area contributed by atoms with Gasteiger partial charge in [0.05, 0.1) is 6.04 Å². The molecule has 1 aromatic rings. The number of hydrogen-bond donors (Lipinski definition) is 3. The number of benzene rings is 1. The summed E-state index contributed by atoms with van der Waals surface area (Å²) < 4.78 is 0. The molecule has 0 radical (unpaired) electrons. The quantitative estimate of drug-likeness (QED) is 0.319. The Bertz CT molecular complexity index is 351. The SMILES string of the molecule is CCC(NCc1ccc(Cl)cc1)C(N)=NO. The molecule has 5 heteroatoms. The van der Waals surface area contributed by atoms with Crippen molar-refractivity contribution < 1.29 is 5.21 Å². The predicted octanol–water partition coefficient (Wildman–Crippen LogP) is 1.95. The third-order valence-corrected chi connectivity index (χ3v) is 2.60. The van der Waals surface area contributed by atoms with E-state index in [0.29, 0.717) is 11.6 Å². The molecule has 0 heterocycles. The Morgan fingerprint density at radius 1 is 1.50 bits per heavy atom. The minimum absolute atomic E-state index is 0.110. The van der Waals surface area contributed by atoms with Gasteiger partial charge in [-0.25, -0.2) is 0 Å². The fourth-order valence-corrected chi connectivity index (χ4v) is 1.50. The zero-order valence-corrected chi connectivity index (χ0v) is 9.91.